The lowest BCUT2D eigenvalue weighted by Crippen LogP contribution is -2.56. The van der Waals surface area contributed by atoms with Crippen molar-refractivity contribution in [3.8, 4) is 0 Å². The van der Waals surface area contributed by atoms with Crippen molar-refractivity contribution >= 4 is 56.6 Å². The molecular weight excluding hydrogens is 585 g/mol. The summed E-state index contributed by atoms with van der Waals surface area (Å²) in [5.41, 5.74) is 9.41. The molecule has 2 aromatic heterocycles. The van der Waals surface area contributed by atoms with Crippen molar-refractivity contribution in [1.29, 1.82) is 0 Å². The third kappa shape index (κ3) is 4.69. The van der Waals surface area contributed by atoms with Gasteiger partial charge < -0.3 is 0 Å². The summed E-state index contributed by atoms with van der Waals surface area (Å²) >= 11 is 0. The second kappa shape index (κ2) is 11.4. The zero-order valence-corrected chi connectivity index (χ0v) is 28.0. The van der Waals surface area contributed by atoms with Crippen molar-refractivity contribution in [2.45, 2.75) is 25.8 Å². The van der Waals surface area contributed by atoms with E-state index in [9.17, 15) is 0 Å². The molecule has 0 N–H and O–H groups in total. The fourth-order valence-corrected chi connectivity index (χ4v) is 14.1. The monoisotopic (exact) mass is 620 g/mol. The molecule has 0 bridgehead atoms. The average Bonchev–Trinajstić information content (AvgIpc) is 3.46. The van der Waals surface area contributed by atoms with Crippen molar-refractivity contribution in [3.05, 3.63) is 186 Å². The highest BCUT2D eigenvalue weighted by atomic mass is 28.3. The van der Waals surface area contributed by atoms with E-state index in [1.54, 1.807) is 0 Å². The molecule has 0 spiro atoms. The van der Waals surface area contributed by atoms with E-state index in [1.165, 1.54) is 49.0 Å². The summed E-state index contributed by atoms with van der Waals surface area (Å²) in [6.45, 7) is 7.35. The summed E-state index contributed by atoms with van der Waals surface area (Å²) in [4.78, 5) is 10.2. The summed E-state index contributed by atoms with van der Waals surface area (Å²) in [6, 6.07) is 55.0. The van der Waals surface area contributed by atoms with Crippen LogP contribution in [-0.2, 0) is 0 Å². The molecule has 0 unspecified atom stereocenters. The Bertz CT molecular complexity index is 2180. The molecule has 1 aliphatic rings. The lowest BCUT2D eigenvalue weighted by Gasteiger charge is -2.45. The molecule has 5 aromatic carbocycles. The SMILES string of the molecule is CC(C)(C)[Si]1(c2ccccc2)C(c2cnc3ccccc3c2)=C(c2ccccc2)C(c2ccccc2)=C1c1cnc2ccccc2c1. The minimum atomic E-state index is -2.94. The number of hydrogen-bond acceptors (Lipinski definition) is 2. The van der Waals surface area contributed by atoms with Crippen LogP contribution in [-0.4, -0.2) is 18.0 Å². The van der Waals surface area contributed by atoms with E-state index >= 15 is 0 Å². The topological polar surface area (TPSA) is 25.8 Å². The van der Waals surface area contributed by atoms with Crippen LogP contribution in [0.4, 0.5) is 0 Å². The maximum Gasteiger partial charge on any atom is 0.156 e. The molecule has 0 radical (unpaired) electrons. The van der Waals surface area contributed by atoms with Gasteiger partial charge in [0.2, 0.25) is 0 Å². The van der Waals surface area contributed by atoms with Crippen LogP contribution in [0.2, 0.25) is 5.04 Å². The summed E-state index contributed by atoms with van der Waals surface area (Å²) in [5.74, 6) is 0. The Morgan fingerprint density at radius 2 is 0.809 bits per heavy atom. The zero-order valence-electron chi connectivity index (χ0n) is 27.0. The molecule has 0 aliphatic carbocycles. The number of pyridine rings is 2. The molecule has 0 amide bonds. The van der Waals surface area contributed by atoms with Crippen LogP contribution in [0.25, 0.3) is 43.3 Å². The maximum atomic E-state index is 5.09. The molecule has 0 fully saturated rings. The number of hydrogen-bond donors (Lipinski definition) is 0. The summed E-state index contributed by atoms with van der Waals surface area (Å²) in [5, 5.41) is 6.35. The van der Waals surface area contributed by atoms with Crippen LogP contribution in [0.5, 0.6) is 0 Å². The number of benzene rings is 5. The van der Waals surface area contributed by atoms with Crippen LogP contribution in [0, 0.1) is 0 Å². The Kier molecular flexibility index (Phi) is 7.08. The summed E-state index contributed by atoms with van der Waals surface area (Å²) in [6.07, 6.45) is 4.25. The summed E-state index contributed by atoms with van der Waals surface area (Å²) in [7, 11) is -2.94. The van der Waals surface area contributed by atoms with E-state index in [2.05, 4.69) is 185 Å². The Balaban J connectivity index is 1.62. The molecule has 2 nitrogen and oxygen atoms in total. The molecule has 3 heteroatoms. The fourth-order valence-electron chi connectivity index (χ4n) is 7.83. The van der Waals surface area contributed by atoms with Crippen molar-refractivity contribution < 1.29 is 0 Å². The van der Waals surface area contributed by atoms with Gasteiger partial charge in [-0.05, 0) is 78.3 Å². The highest BCUT2D eigenvalue weighted by Crippen LogP contribution is 2.62. The van der Waals surface area contributed by atoms with E-state index in [0.717, 1.165) is 21.8 Å². The van der Waals surface area contributed by atoms with Gasteiger partial charge in [-0.3, -0.25) is 9.97 Å². The highest BCUT2D eigenvalue weighted by Gasteiger charge is 2.58. The molecule has 0 saturated carbocycles. The van der Waals surface area contributed by atoms with E-state index in [-0.39, 0.29) is 5.04 Å². The van der Waals surface area contributed by atoms with Crippen molar-refractivity contribution in [3.63, 3.8) is 0 Å². The van der Waals surface area contributed by atoms with Gasteiger partial charge in [-0.2, -0.15) is 0 Å². The van der Waals surface area contributed by atoms with Crippen molar-refractivity contribution in [2.24, 2.45) is 0 Å². The van der Waals surface area contributed by atoms with Gasteiger partial charge in [0.1, 0.15) is 0 Å². The fraction of sp³-hybridized carbons (Fsp3) is 0.0909. The van der Waals surface area contributed by atoms with Gasteiger partial charge >= 0.3 is 0 Å². The zero-order chi connectivity index (χ0) is 32.0. The molecule has 8 rings (SSSR count). The van der Waals surface area contributed by atoms with Gasteiger partial charge in [0, 0.05) is 23.2 Å². The smallest absolute Gasteiger partial charge is 0.156 e. The van der Waals surface area contributed by atoms with E-state index < -0.39 is 8.07 Å². The van der Waals surface area contributed by atoms with Gasteiger partial charge in [0.05, 0.1) is 11.0 Å². The molecule has 226 valence electrons. The summed E-state index contributed by atoms with van der Waals surface area (Å²) < 4.78 is 0. The Morgan fingerprint density at radius 1 is 0.426 bits per heavy atom. The number of aromatic nitrogens is 2. The van der Waals surface area contributed by atoms with Gasteiger partial charge in [-0.1, -0.05) is 148 Å². The molecule has 0 atom stereocenters. The number of allylic oxidation sites excluding steroid dienone is 2. The van der Waals surface area contributed by atoms with Crippen molar-refractivity contribution in [2.75, 3.05) is 0 Å². The normalized spacial score (nSPS) is 14.7. The van der Waals surface area contributed by atoms with E-state index in [4.69, 9.17) is 9.97 Å². The standard InChI is InChI=1S/C44H36N2Si/c1-44(2,3)47(37-23-11-6-12-24-37)42(35-27-33-21-13-15-25-38(33)45-29-35)40(31-17-7-4-8-18-31)41(32-19-9-5-10-20-32)43(47)36-28-34-22-14-16-26-39(34)46-30-36/h4-30H,1-3H3. The van der Waals surface area contributed by atoms with Crippen LogP contribution >= 0.6 is 0 Å². The van der Waals surface area contributed by atoms with Crippen LogP contribution in [0.3, 0.4) is 0 Å². The first-order valence-corrected chi connectivity index (χ1v) is 18.3. The third-order valence-corrected chi connectivity index (χ3v) is 15.7. The van der Waals surface area contributed by atoms with E-state index in [0.29, 0.717) is 0 Å². The van der Waals surface area contributed by atoms with E-state index in [1.807, 2.05) is 0 Å². The molecule has 3 heterocycles. The largest absolute Gasteiger partial charge is 0.256 e. The Hall–Kier alpha value is -5.38. The first-order valence-electron chi connectivity index (χ1n) is 16.3. The molecule has 0 saturated heterocycles. The third-order valence-electron chi connectivity index (χ3n) is 9.72. The minimum Gasteiger partial charge on any atom is -0.256 e. The Morgan fingerprint density at radius 3 is 1.23 bits per heavy atom. The maximum absolute atomic E-state index is 5.09. The second-order valence-electron chi connectivity index (χ2n) is 13.4. The first kappa shape index (κ1) is 29.0. The lowest BCUT2D eigenvalue weighted by atomic mass is 9.89. The number of para-hydroxylation sites is 2. The molecular formula is C44H36N2Si. The van der Waals surface area contributed by atoms with Gasteiger partial charge in [0.25, 0.3) is 0 Å². The van der Waals surface area contributed by atoms with Crippen LogP contribution < -0.4 is 5.19 Å². The highest BCUT2D eigenvalue weighted by molar-refractivity contribution is 7.23. The predicted octanol–water partition coefficient (Wildman–Crippen LogP) is 10.6. The molecule has 7 aromatic rings. The average molecular weight is 621 g/mol. The number of rotatable bonds is 5. The van der Waals surface area contributed by atoms with Crippen LogP contribution in [0.15, 0.2) is 164 Å². The number of fused-ring (bicyclic) bond motifs is 2. The quantitative estimate of drug-likeness (QED) is 0.179. The van der Waals surface area contributed by atoms with Gasteiger partial charge in [-0.15, -0.1) is 0 Å². The molecule has 47 heavy (non-hydrogen) atoms. The minimum absolute atomic E-state index is 0.146. The van der Waals surface area contributed by atoms with Crippen molar-refractivity contribution in [1.82, 2.24) is 9.97 Å². The number of nitrogens with zero attached hydrogens (tertiary/aromatic N) is 2. The Labute approximate surface area is 277 Å². The van der Waals surface area contributed by atoms with Crippen LogP contribution in [0.1, 0.15) is 43.0 Å². The van der Waals surface area contributed by atoms with Gasteiger partial charge in [-0.25, -0.2) is 0 Å². The first-order chi connectivity index (χ1) is 23.0. The predicted molar refractivity (Wildman–Crippen MR) is 202 cm³/mol. The lowest BCUT2D eigenvalue weighted by molar-refractivity contribution is 0.741. The van der Waals surface area contributed by atoms with Gasteiger partial charge in [0.15, 0.2) is 8.07 Å². The molecule has 1 aliphatic heterocycles. The second-order valence-corrected chi connectivity index (χ2v) is 18.0.